The van der Waals surface area contributed by atoms with Gasteiger partial charge in [0.2, 0.25) is 5.91 Å². The molecule has 13 heavy (non-hydrogen) atoms. The molecule has 0 bridgehead atoms. The number of carbonyl (C=O) groups is 1. The van der Waals surface area contributed by atoms with Gasteiger partial charge in [-0.3, -0.25) is 4.79 Å². The van der Waals surface area contributed by atoms with Crippen molar-refractivity contribution in [1.82, 2.24) is 4.90 Å². The van der Waals surface area contributed by atoms with E-state index in [9.17, 15) is 4.79 Å². The SMILES string of the molecule is CC1(C)CSC2CCC(N)C(=O)N21. The van der Waals surface area contributed by atoms with Gasteiger partial charge in [0, 0.05) is 11.3 Å². The number of piperidine rings is 1. The molecular weight excluding hydrogens is 184 g/mol. The molecule has 0 saturated carbocycles. The Balaban J connectivity index is 2.25. The zero-order valence-corrected chi connectivity index (χ0v) is 8.93. The molecule has 2 heterocycles. The molecule has 0 aromatic rings. The first kappa shape index (κ1) is 9.34. The van der Waals surface area contributed by atoms with Gasteiger partial charge < -0.3 is 10.6 Å². The van der Waals surface area contributed by atoms with Crippen molar-refractivity contribution in [1.29, 1.82) is 0 Å². The summed E-state index contributed by atoms with van der Waals surface area (Å²) in [6, 6.07) is -0.255. The first-order chi connectivity index (χ1) is 6.02. The third-order valence-corrected chi connectivity index (χ3v) is 4.55. The van der Waals surface area contributed by atoms with E-state index in [1.54, 1.807) is 0 Å². The summed E-state index contributed by atoms with van der Waals surface area (Å²) in [5.74, 6) is 1.18. The number of hydrogen-bond donors (Lipinski definition) is 1. The number of nitrogens with two attached hydrogens (primary N) is 1. The van der Waals surface area contributed by atoms with Crippen molar-refractivity contribution in [3.05, 3.63) is 0 Å². The van der Waals surface area contributed by atoms with Gasteiger partial charge in [0.25, 0.3) is 0 Å². The predicted molar refractivity (Wildman–Crippen MR) is 54.4 cm³/mol. The lowest BCUT2D eigenvalue weighted by Gasteiger charge is -2.40. The highest BCUT2D eigenvalue weighted by Gasteiger charge is 2.46. The Hall–Kier alpha value is -0.220. The summed E-state index contributed by atoms with van der Waals surface area (Å²) in [4.78, 5) is 13.8. The van der Waals surface area contributed by atoms with Gasteiger partial charge in [-0.25, -0.2) is 0 Å². The van der Waals surface area contributed by atoms with E-state index in [1.807, 2.05) is 16.7 Å². The number of rotatable bonds is 0. The normalized spacial score (nSPS) is 37.8. The van der Waals surface area contributed by atoms with E-state index < -0.39 is 0 Å². The standard InChI is InChI=1S/C9H16N2OS/c1-9(2)5-13-7-4-3-6(10)8(12)11(7)9/h6-7H,3-5,10H2,1-2H3. The van der Waals surface area contributed by atoms with E-state index in [-0.39, 0.29) is 17.5 Å². The Labute approximate surface area is 83.0 Å². The molecule has 2 aliphatic heterocycles. The molecule has 2 fully saturated rings. The van der Waals surface area contributed by atoms with Gasteiger partial charge >= 0.3 is 0 Å². The highest BCUT2D eigenvalue weighted by Crippen LogP contribution is 2.41. The summed E-state index contributed by atoms with van der Waals surface area (Å²) < 4.78 is 0. The third-order valence-electron chi connectivity index (χ3n) is 2.85. The van der Waals surface area contributed by atoms with E-state index in [0.717, 1.165) is 18.6 Å². The van der Waals surface area contributed by atoms with Gasteiger partial charge in [-0.15, -0.1) is 11.8 Å². The highest BCUT2D eigenvalue weighted by atomic mass is 32.2. The second-order valence-electron chi connectivity index (χ2n) is 4.47. The maximum Gasteiger partial charge on any atom is 0.240 e. The monoisotopic (exact) mass is 200 g/mol. The van der Waals surface area contributed by atoms with Crippen molar-refractivity contribution in [2.24, 2.45) is 5.73 Å². The van der Waals surface area contributed by atoms with Crippen molar-refractivity contribution in [3.8, 4) is 0 Å². The van der Waals surface area contributed by atoms with Crippen LogP contribution in [0.1, 0.15) is 26.7 Å². The Morgan fingerprint density at radius 2 is 2.23 bits per heavy atom. The fraction of sp³-hybridized carbons (Fsp3) is 0.889. The minimum atomic E-state index is -0.255. The largest absolute Gasteiger partial charge is 0.323 e. The predicted octanol–water partition coefficient (Wildman–Crippen LogP) is 0.788. The molecule has 2 aliphatic rings. The van der Waals surface area contributed by atoms with Crippen LogP contribution in [-0.4, -0.2) is 33.5 Å². The first-order valence-electron chi connectivity index (χ1n) is 4.73. The second-order valence-corrected chi connectivity index (χ2v) is 5.64. The number of thioether (sulfide) groups is 1. The van der Waals surface area contributed by atoms with E-state index in [4.69, 9.17) is 5.73 Å². The zero-order valence-electron chi connectivity index (χ0n) is 8.12. The molecule has 74 valence electrons. The number of fused-ring (bicyclic) bond motifs is 1. The summed E-state index contributed by atoms with van der Waals surface area (Å²) >= 11 is 1.89. The quantitative estimate of drug-likeness (QED) is 0.629. The van der Waals surface area contributed by atoms with Gasteiger partial charge in [-0.2, -0.15) is 0 Å². The van der Waals surface area contributed by atoms with Crippen LogP contribution in [0.4, 0.5) is 0 Å². The molecule has 0 aromatic heterocycles. The number of nitrogens with zero attached hydrogens (tertiary/aromatic N) is 1. The van der Waals surface area contributed by atoms with Crippen LogP contribution < -0.4 is 5.73 Å². The molecule has 1 amide bonds. The molecular formula is C9H16N2OS. The van der Waals surface area contributed by atoms with Crippen LogP contribution in [-0.2, 0) is 4.79 Å². The van der Waals surface area contributed by atoms with Gasteiger partial charge in [0.05, 0.1) is 11.4 Å². The Bertz CT molecular complexity index is 242. The topological polar surface area (TPSA) is 46.3 Å². The Morgan fingerprint density at radius 3 is 2.92 bits per heavy atom. The molecule has 0 radical (unpaired) electrons. The number of amides is 1. The van der Waals surface area contributed by atoms with Gasteiger partial charge in [-0.1, -0.05) is 0 Å². The molecule has 2 saturated heterocycles. The fourth-order valence-electron chi connectivity index (χ4n) is 2.11. The smallest absolute Gasteiger partial charge is 0.240 e. The van der Waals surface area contributed by atoms with E-state index in [1.165, 1.54) is 0 Å². The van der Waals surface area contributed by atoms with Crippen LogP contribution in [0, 0.1) is 0 Å². The fourth-order valence-corrected chi connectivity index (χ4v) is 3.69. The van der Waals surface area contributed by atoms with Crippen molar-refractivity contribution < 1.29 is 4.79 Å². The molecule has 3 nitrogen and oxygen atoms in total. The average Bonchev–Trinajstić information content (AvgIpc) is 2.35. The van der Waals surface area contributed by atoms with E-state index in [2.05, 4.69) is 13.8 Å². The Kier molecular flexibility index (Phi) is 2.07. The van der Waals surface area contributed by atoms with Crippen molar-refractivity contribution in [2.45, 2.75) is 43.6 Å². The highest BCUT2D eigenvalue weighted by molar-refractivity contribution is 8.00. The third kappa shape index (κ3) is 1.36. The molecule has 2 atom stereocenters. The minimum absolute atomic E-state index is 0.00442. The molecule has 2 N–H and O–H groups in total. The Morgan fingerprint density at radius 1 is 1.54 bits per heavy atom. The van der Waals surface area contributed by atoms with Gasteiger partial charge in [0.15, 0.2) is 0 Å². The first-order valence-corrected chi connectivity index (χ1v) is 5.77. The summed E-state index contributed by atoms with van der Waals surface area (Å²) in [5, 5.41) is 0.391. The molecule has 2 unspecified atom stereocenters. The molecule has 0 aliphatic carbocycles. The lowest BCUT2D eigenvalue weighted by atomic mass is 9.98. The second kappa shape index (κ2) is 2.89. The van der Waals surface area contributed by atoms with Crippen LogP contribution in [0.25, 0.3) is 0 Å². The van der Waals surface area contributed by atoms with Crippen molar-refractivity contribution in [2.75, 3.05) is 5.75 Å². The van der Waals surface area contributed by atoms with Gasteiger partial charge in [-0.05, 0) is 26.7 Å². The van der Waals surface area contributed by atoms with Gasteiger partial charge in [0.1, 0.15) is 0 Å². The van der Waals surface area contributed by atoms with Crippen LogP contribution in [0.5, 0.6) is 0 Å². The van der Waals surface area contributed by atoms with Crippen LogP contribution in [0.2, 0.25) is 0 Å². The average molecular weight is 200 g/mol. The summed E-state index contributed by atoms with van der Waals surface area (Å²) in [7, 11) is 0. The van der Waals surface area contributed by atoms with E-state index >= 15 is 0 Å². The number of hydrogen-bond acceptors (Lipinski definition) is 3. The van der Waals surface area contributed by atoms with Crippen LogP contribution in [0.15, 0.2) is 0 Å². The summed E-state index contributed by atoms with van der Waals surface area (Å²) in [6.07, 6.45) is 1.91. The molecule has 0 aromatic carbocycles. The zero-order chi connectivity index (χ0) is 9.64. The maximum absolute atomic E-state index is 11.8. The van der Waals surface area contributed by atoms with Crippen molar-refractivity contribution in [3.63, 3.8) is 0 Å². The van der Waals surface area contributed by atoms with E-state index in [0.29, 0.717) is 5.37 Å². The molecule has 2 rings (SSSR count). The van der Waals surface area contributed by atoms with Crippen LogP contribution >= 0.6 is 11.8 Å². The van der Waals surface area contributed by atoms with Crippen LogP contribution in [0.3, 0.4) is 0 Å². The molecule has 0 spiro atoms. The lowest BCUT2D eigenvalue weighted by Crippen LogP contribution is -2.57. The van der Waals surface area contributed by atoms with Crippen molar-refractivity contribution >= 4 is 17.7 Å². The lowest BCUT2D eigenvalue weighted by molar-refractivity contribution is -0.140. The summed E-state index contributed by atoms with van der Waals surface area (Å²) in [5.41, 5.74) is 5.76. The molecule has 4 heteroatoms. The summed E-state index contributed by atoms with van der Waals surface area (Å²) in [6.45, 7) is 4.24. The number of carbonyl (C=O) groups excluding carboxylic acids is 1. The maximum atomic E-state index is 11.8. The minimum Gasteiger partial charge on any atom is -0.323 e.